The fraction of sp³-hybridized carbons (Fsp3) is 0.0714. The van der Waals surface area contributed by atoms with Crippen molar-refractivity contribution in [3.05, 3.63) is 58.9 Å². The van der Waals surface area contributed by atoms with E-state index in [2.05, 4.69) is 5.32 Å². The van der Waals surface area contributed by atoms with Crippen LogP contribution in [0.2, 0.25) is 5.02 Å². The van der Waals surface area contributed by atoms with Gasteiger partial charge in [-0.15, -0.1) is 0 Å². The Labute approximate surface area is 126 Å². The van der Waals surface area contributed by atoms with Crippen molar-refractivity contribution < 1.29 is 17.6 Å². The second kappa shape index (κ2) is 5.83. The summed E-state index contributed by atoms with van der Waals surface area (Å²) in [7, 11) is -3.31. The Bertz CT molecular complexity index is 768. The highest BCUT2D eigenvalue weighted by atomic mass is 35.5. The summed E-state index contributed by atoms with van der Waals surface area (Å²) in [5, 5.41) is 2.46. The first kappa shape index (κ1) is 15.5. The van der Waals surface area contributed by atoms with Crippen LogP contribution in [0.1, 0.15) is 10.4 Å². The molecule has 0 fully saturated rings. The minimum absolute atomic E-state index is 0.000237. The predicted octanol–water partition coefficient (Wildman–Crippen LogP) is 3.13. The number of sulfone groups is 1. The van der Waals surface area contributed by atoms with Crippen LogP contribution in [0.25, 0.3) is 0 Å². The van der Waals surface area contributed by atoms with Crippen molar-refractivity contribution >= 4 is 33.0 Å². The van der Waals surface area contributed by atoms with Crippen LogP contribution in [-0.2, 0) is 9.84 Å². The van der Waals surface area contributed by atoms with E-state index in [-0.39, 0.29) is 15.5 Å². The third kappa shape index (κ3) is 3.59. The van der Waals surface area contributed by atoms with Crippen molar-refractivity contribution in [1.82, 2.24) is 0 Å². The first-order valence-corrected chi connectivity index (χ1v) is 8.11. The third-order valence-electron chi connectivity index (χ3n) is 2.73. The number of hydrogen-bond donors (Lipinski definition) is 1. The lowest BCUT2D eigenvalue weighted by atomic mass is 10.2. The van der Waals surface area contributed by atoms with Gasteiger partial charge in [0.25, 0.3) is 5.91 Å². The number of nitrogens with one attached hydrogen (secondary N) is 1. The normalized spacial score (nSPS) is 11.2. The van der Waals surface area contributed by atoms with E-state index in [0.29, 0.717) is 5.69 Å². The van der Waals surface area contributed by atoms with Gasteiger partial charge in [-0.05, 0) is 36.4 Å². The van der Waals surface area contributed by atoms with Gasteiger partial charge in [-0.25, -0.2) is 12.8 Å². The molecule has 110 valence electrons. The van der Waals surface area contributed by atoms with Gasteiger partial charge in [0.05, 0.1) is 15.5 Å². The summed E-state index contributed by atoms with van der Waals surface area (Å²) >= 11 is 5.80. The molecule has 0 spiro atoms. The number of rotatable bonds is 3. The first-order valence-electron chi connectivity index (χ1n) is 5.84. The van der Waals surface area contributed by atoms with Crippen molar-refractivity contribution in [2.45, 2.75) is 4.90 Å². The highest BCUT2D eigenvalue weighted by Gasteiger charge is 2.16. The molecule has 21 heavy (non-hydrogen) atoms. The second-order valence-corrected chi connectivity index (χ2v) is 6.77. The van der Waals surface area contributed by atoms with Gasteiger partial charge in [-0.1, -0.05) is 17.7 Å². The highest BCUT2D eigenvalue weighted by Crippen LogP contribution is 2.21. The molecule has 0 aliphatic carbocycles. The molecule has 0 atom stereocenters. The number of carbonyl (C=O) groups excluding carboxylic acids is 1. The Balaban J connectivity index is 2.24. The van der Waals surface area contributed by atoms with Crippen LogP contribution in [0.3, 0.4) is 0 Å². The zero-order valence-corrected chi connectivity index (χ0v) is 12.5. The minimum atomic E-state index is -3.31. The van der Waals surface area contributed by atoms with Gasteiger partial charge in [-0.2, -0.15) is 0 Å². The molecule has 1 N–H and O–H groups in total. The molecule has 0 aliphatic heterocycles. The van der Waals surface area contributed by atoms with Crippen LogP contribution in [0, 0.1) is 5.82 Å². The van der Waals surface area contributed by atoms with E-state index >= 15 is 0 Å². The van der Waals surface area contributed by atoms with Gasteiger partial charge < -0.3 is 5.32 Å². The molecular formula is C14H11ClFNO3S. The van der Waals surface area contributed by atoms with Gasteiger partial charge >= 0.3 is 0 Å². The molecule has 2 rings (SSSR count). The molecule has 1 amide bonds. The lowest BCUT2D eigenvalue weighted by molar-refractivity contribution is 0.102. The van der Waals surface area contributed by atoms with Gasteiger partial charge in [0.15, 0.2) is 9.84 Å². The van der Waals surface area contributed by atoms with Crippen LogP contribution < -0.4 is 5.32 Å². The standard InChI is InChI=1S/C14H11ClFNO3S/c1-21(19,20)10-7-5-9(6-8-10)17-14(18)13-11(15)3-2-4-12(13)16/h2-8H,1H3,(H,17,18). The number of anilines is 1. The Morgan fingerprint density at radius 3 is 2.29 bits per heavy atom. The molecule has 0 aliphatic rings. The van der Waals surface area contributed by atoms with Gasteiger partial charge in [0.1, 0.15) is 5.82 Å². The number of carbonyl (C=O) groups is 1. The molecule has 0 bridgehead atoms. The molecule has 0 unspecified atom stereocenters. The largest absolute Gasteiger partial charge is 0.322 e. The average molecular weight is 328 g/mol. The van der Waals surface area contributed by atoms with Crippen molar-refractivity contribution in [2.75, 3.05) is 11.6 Å². The summed E-state index contributed by atoms with van der Waals surface area (Å²) in [5.74, 6) is -1.43. The quantitative estimate of drug-likeness (QED) is 0.942. The maximum Gasteiger partial charge on any atom is 0.260 e. The van der Waals surface area contributed by atoms with Crippen molar-refractivity contribution in [3.63, 3.8) is 0 Å². The van der Waals surface area contributed by atoms with Gasteiger partial charge in [0, 0.05) is 11.9 Å². The molecule has 0 aromatic heterocycles. The topological polar surface area (TPSA) is 63.2 Å². The molecule has 2 aromatic carbocycles. The summed E-state index contributed by atoms with van der Waals surface area (Å²) in [6, 6.07) is 9.49. The van der Waals surface area contributed by atoms with Crippen LogP contribution >= 0.6 is 11.6 Å². The monoisotopic (exact) mass is 327 g/mol. The molecule has 0 saturated carbocycles. The molecular weight excluding hydrogens is 317 g/mol. The molecule has 0 saturated heterocycles. The molecule has 7 heteroatoms. The minimum Gasteiger partial charge on any atom is -0.322 e. The Kier molecular flexibility index (Phi) is 4.29. The van der Waals surface area contributed by atoms with Crippen LogP contribution in [0.5, 0.6) is 0 Å². The first-order chi connectivity index (χ1) is 9.79. The Morgan fingerprint density at radius 2 is 1.76 bits per heavy atom. The summed E-state index contributed by atoms with van der Waals surface area (Å²) in [4.78, 5) is 12.1. The van der Waals surface area contributed by atoms with E-state index in [0.717, 1.165) is 12.3 Å². The van der Waals surface area contributed by atoms with Crippen molar-refractivity contribution in [2.24, 2.45) is 0 Å². The second-order valence-electron chi connectivity index (χ2n) is 4.35. The van der Waals surface area contributed by atoms with Crippen molar-refractivity contribution in [1.29, 1.82) is 0 Å². The predicted molar refractivity (Wildman–Crippen MR) is 78.9 cm³/mol. The molecule has 0 radical (unpaired) electrons. The van der Waals surface area contributed by atoms with Gasteiger partial charge in [-0.3, -0.25) is 4.79 Å². The molecule has 0 heterocycles. The molecule has 2 aromatic rings. The third-order valence-corrected chi connectivity index (χ3v) is 4.17. The molecule has 4 nitrogen and oxygen atoms in total. The number of hydrogen-bond acceptors (Lipinski definition) is 3. The van der Waals surface area contributed by atoms with Crippen LogP contribution in [0.4, 0.5) is 10.1 Å². The van der Waals surface area contributed by atoms with E-state index in [4.69, 9.17) is 11.6 Å². The maximum atomic E-state index is 13.6. The lowest BCUT2D eigenvalue weighted by Gasteiger charge is -2.08. The van der Waals surface area contributed by atoms with Gasteiger partial charge in [0.2, 0.25) is 0 Å². The lowest BCUT2D eigenvalue weighted by Crippen LogP contribution is -2.14. The van der Waals surface area contributed by atoms with Crippen LogP contribution in [-0.4, -0.2) is 20.6 Å². The number of amides is 1. The summed E-state index contributed by atoms with van der Waals surface area (Å²) < 4.78 is 36.2. The van der Waals surface area contributed by atoms with E-state index in [1.807, 2.05) is 0 Å². The van der Waals surface area contributed by atoms with E-state index in [1.54, 1.807) is 0 Å². The smallest absolute Gasteiger partial charge is 0.260 e. The average Bonchev–Trinajstić information content (AvgIpc) is 2.38. The fourth-order valence-electron chi connectivity index (χ4n) is 1.69. The Morgan fingerprint density at radius 1 is 1.14 bits per heavy atom. The summed E-state index contributed by atoms with van der Waals surface area (Å²) in [5.41, 5.74) is 0.0816. The zero-order valence-electron chi connectivity index (χ0n) is 10.9. The Hall–Kier alpha value is -1.92. The summed E-state index contributed by atoms with van der Waals surface area (Å²) in [6.45, 7) is 0. The van der Waals surface area contributed by atoms with E-state index in [1.165, 1.54) is 36.4 Å². The van der Waals surface area contributed by atoms with E-state index < -0.39 is 21.6 Å². The van der Waals surface area contributed by atoms with E-state index in [9.17, 15) is 17.6 Å². The maximum absolute atomic E-state index is 13.6. The SMILES string of the molecule is CS(=O)(=O)c1ccc(NC(=O)c2c(F)cccc2Cl)cc1. The van der Waals surface area contributed by atoms with Crippen LogP contribution in [0.15, 0.2) is 47.4 Å². The number of benzene rings is 2. The van der Waals surface area contributed by atoms with Crippen molar-refractivity contribution in [3.8, 4) is 0 Å². The summed E-state index contributed by atoms with van der Waals surface area (Å²) in [6.07, 6.45) is 1.08. The zero-order chi connectivity index (χ0) is 15.6. The highest BCUT2D eigenvalue weighted by molar-refractivity contribution is 7.90. The fourth-order valence-corrected chi connectivity index (χ4v) is 2.57. The number of halogens is 2.